The average molecular weight is 761 g/mol. The molecule has 0 aliphatic rings. The lowest BCUT2D eigenvalue weighted by Gasteiger charge is -2.03. The second-order valence-corrected chi connectivity index (χ2v) is 9.45. The van der Waals surface area contributed by atoms with Crippen LogP contribution < -0.4 is 0 Å². The van der Waals surface area contributed by atoms with E-state index < -0.39 is 17.9 Å². The van der Waals surface area contributed by atoms with Gasteiger partial charge < -0.3 is 30.6 Å². The highest BCUT2D eigenvalue weighted by molar-refractivity contribution is 5.88. The maximum Gasteiger partial charge on any atom is 0.335 e. The van der Waals surface area contributed by atoms with E-state index in [0.717, 1.165) is 42.0 Å². The fourth-order valence-corrected chi connectivity index (χ4v) is 3.65. The standard InChI is InChI=1S/C15H14O3.C13H10O3.C6H6O.C2H4O2.5C2H6/c16-14-9-5-12(6-10-14)2-1-11-3-7-13(8-4-11)15(17)18;14-12-7-5-10(6-8-12)9-1-3-11(4-2-9)13(15)16;7-6-4-2-1-3-5-6;1-2(3)4;5*1-2/h3-10,16H,1-2H2,(H,17,18);1-8,14H,(H,15,16);1-5,7H;1H3,(H,3,4);5*1-2H3. The number of aromatic carboxylic acids is 2. The molecule has 0 radical (unpaired) electrons. The van der Waals surface area contributed by atoms with Gasteiger partial charge in [-0.15, -0.1) is 0 Å². The first-order valence-corrected chi connectivity index (χ1v) is 18.6. The molecule has 0 saturated carbocycles. The van der Waals surface area contributed by atoms with Crippen molar-refractivity contribution in [3.8, 4) is 28.4 Å². The number of hydrogen-bond acceptors (Lipinski definition) is 6. The lowest BCUT2D eigenvalue weighted by Crippen LogP contribution is -1.97. The van der Waals surface area contributed by atoms with Crippen molar-refractivity contribution in [3.63, 3.8) is 0 Å². The second-order valence-electron chi connectivity index (χ2n) is 9.45. The molecular formula is C46H64O9. The highest BCUT2D eigenvalue weighted by Gasteiger charge is 2.04. The quantitative estimate of drug-likeness (QED) is 0.0984. The van der Waals surface area contributed by atoms with Crippen LogP contribution in [-0.4, -0.2) is 48.5 Å². The summed E-state index contributed by atoms with van der Waals surface area (Å²) < 4.78 is 0. The zero-order valence-corrected chi connectivity index (χ0v) is 34.4. The molecule has 9 nitrogen and oxygen atoms in total. The van der Waals surface area contributed by atoms with Crippen molar-refractivity contribution in [2.24, 2.45) is 0 Å². The molecule has 5 aromatic rings. The van der Waals surface area contributed by atoms with E-state index >= 15 is 0 Å². The summed E-state index contributed by atoms with van der Waals surface area (Å²) in [4.78, 5) is 30.4. The van der Waals surface area contributed by atoms with Gasteiger partial charge in [-0.3, -0.25) is 4.79 Å². The largest absolute Gasteiger partial charge is 0.508 e. The normalized spacial score (nSPS) is 8.35. The third-order valence-corrected chi connectivity index (χ3v) is 5.93. The van der Waals surface area contributed by atoms with E-state index in [-0.39, 0.29) is 17.1 Å². The Hall–Kier alpha value is -6.09. The summed E-state index contributed by atoms with van der Waals surface area (Å²) in [6, 6.07) is 36.1. The van der Waals surface area contributed by atoms with Crippen molar-refractivity contribution >= 4 is 17.9 Å². The lowest BCUT2D eigenvalue weighted by atomic mass is 10.0. The highest BCUT2D eigenvalue weighted by Crippen LogP contribution is 2.22. The smallest absolute Gasteiger partial charge is 0.335 e. The molecule has 0 saturated heterocycles. The summed E-state index contributed by atoms with van der Waals surface area (Å²) in [6.45, 7) is 21.1. The van der Waals surface area contributed by atoms with Gasteiger partial charge in [0.05, 0.1) is 11.1 Å². The number of carboxylic acids is 3. The molecule has 5 aromatic carbocycles. The van der Waals surface area contributed by atoms with Crippen LogP contribution >= 0.6 is 0 Å². The molecule has 0 aromatic heterocycles. The van der Waals surface area contributed by atoms with Crippen molar-refractivity contribution in [1.82, 2.24) is 0 Å². The molecule has 0 amide bonds. The lowest BCUT2D eigenvalue weighted by molar-refractivity contribution is -0.134. The van der Waals surface area contributed by atoms with Gasteiger partial charge in [0.1, 0.15) is 17.2 Å². The topological polar surface area (TPSA) is 173 Å². The van der Waals surface area contributed by atoms with Crippen LogP contribution in [0.1, 0.15) is 108 Å². The van der Waals surface area contributed by atoms with Crippen LogP contribution in [-0.2, 0) is 17.6 Å². The Kier molecular flexibility index (Phi) is 38.1. The van der Waals surface area contributed by atoms with Crippen LogP contribution in [0.5, 0.6) is 17.2 Å². The number of rotatable bonds is 6. The molecule has 5 rings (SSSR count). The Morgan fingerprint density at radius 1 is 0.382 bits per heavy atom. The van der Waals surface area contributed by atoms with Gasteiger partial charge in [0.15, 0.2) is 0 Å². The van der Waals surface area contributed by atoms with E-state index in [1.54, 1.807) is 97.1 Å². The SMILES string of the molecule is CC.CC.CC.CC.CC.CC(=O)O.O=C(O)c1ccc(-c2ccc(O)cc2)cc1.O=C(O)c1ccc(CCc2ccc(O)cc2)cc1.Oc1ccccc1. The maximum atomic E-state index is 10.7. The van der Waals surface area contributed by atoms with Gasteiger partial charge in [-0.05, 0) is 95.8 Å². The molecule has 0 unspecified atom stereocenters. The van der Waals surface area contributed by atoms with Gasteiger partial charge in [0.25, 0.3) is 5.97 Å². The third-order valence-electron chi connectivity index (χ3n) is 5.93. The summed E-state index contributed by atoms with van der Waals surface area (Å²) >= 11 is 0. The summed E-state index contributed by atoms with van der Waals surface area (Å²) in [5.41, 5.74) is 4.69. The van der Waals surface area contributed by atoms with E-state index in [4.69, 9.17) is 35.4 Å². The van der Waals surface area contributed by atoms with Crippen molar-refractivity contribution in [3.05, 3.63) is 150 Å². The number of phenols is 3. The van der Waals surface area contributed by atoms with Gasteiger partial charge in [0, 0.05) is 6.92 Å². The van der Waals surface area contributed by atoms with Crippen LogP contribution in [0.4, 0.5) is 0 Å². The monoisotopic (exact) mass is 760 g/mol. The molecule has 0 atom stereocenters. The first kappa shape index (κ1) is 55.7. The molecule has 55 heavy (non-hydrogen) atoms. The minimum Gasteiger partial charge on any atom is -0.508 e. The minimum atomic E-state index is -0.933. The van der Waals surface area contributed by atoms with E-state index in [1.165, 1.54) is 0 Å². The summed E-state index contributed by atoms with van der Waals surface area (Å²) in [5, 5.41) is 51.9. The molecule has 0 spiro atoms. The Morgan fingerprint density at radius 3 is 0.891 bits per heavy atom. The van der Waals surface area contributed by atoms with Crippen LogP contribution in [0.15, 0.2) is 127 Å². The zero-order valence-electron chi connectivity index (χ0n) is 34.4. The van der Waals surface area contributed by atoms with Crippen LogP contribution in [0.25, 0.3) is 11.1 Å². The Bertz CT molecular complexity index is 1610. The fraction of sp³-hybridized carbons (Fsp3) is 0.283. The number of benzene rings is 5. The Labute approximate surface area is 329 Å². The number of carboxylic acid groups (broad SMARTS) is 3. The van der Waals surface area contributed by atoms with Crippen LogP contribution in [0.3, 0.4) is 0 Å². The first-order chi connectivity index (χ1) is 26.4. The van der Waals surface area contributed by atoms with Gasteiger partial charge >= 0.3 is 11.9 Å². The number of phenolic OH excluding ortho intramolecular Hbond substituents is 3. The molecule has 0 bridgehead atoms. The minimum absolute atomic E-state index is 0.214. The molecule has 0 aliphatic carbocycles. The molecule has 0 fully saturated rings. The predicted molar refractivity (Wildman–Crippen MR) is 228 cm³/mol. The van der Waals surface area contributed by atoms with E-state index in [1.807, 2.05) is 99.6 Å². The van der Waals surface area contributed by atoms with Crippen molar-refractivity contribution < 1.29 is 45.0 Å². The number of aromatic hydroxyl groups is 3. The summed E-state index contributed by atoms with van der Waals surface area (Å²) in [5.74, 6) is -1.87. The third kappa shape index (κ3) is 29.1. The Morgan fingerprint density at radius 2 is 0.618 bits per heavy atom. The number of hydrogen-bond donors (Lipinski definition) is 6. The predicted octanol–water partition coefficient (Wildman–Crippen LogP) is 12.2. The number of para-hydroxylation sites is 1. The number of aryl methyl sites for hydroxylation is 2. The first-order valence-electron chi connectivity index (χ1n) is 18.6. The van der Waals surface area contributed by atoms with Crippen LogP contribution in [0.2, 0.25) is 0 Å². The van der Waals surface area contributed by atoms with E-state index in [9.17, 15) is 9.59 Å². The van der Waals surface area contributed by atoms with Crippen molar-refractivity contribution in [2.75, 3.05) is 0 Å². The molecule has 9 heteroatoms. The maximum absolute atomic E-state index is 10.7. The summed E-state index contributed by atoms with van der Waals surface area (Å²) in [7, 11) is 0. The summed E-state index contributed by atoms with van der Waals surface area (Å²) in [6.07, 6.45) is 1.72. The Balaban J connectivity index is -0.000000318. The van der Waals surface area contributed by atoms with Gasteiger partial charge in [-0.2, -0.15) is 0 Å². The molecule has 0 heterocycles. The molecular weight excluding hydrogens is 696 g/mol. The van der Waals surface area contributed by atoms with Gasteiger partial charge in [0.2, 0.25) is 0 Å². The molecule has 302 valence electrons. The van der Waals surface area contributed by atoms with Gasteiger partial charge in [-0.25, -0.2) is 9.59 Å². The van der Waals surface area contributed by atoms with E-state index in [0.29, 0.717) is 11.3 Å². The number of carbonyl (C=O) groups is 3. The van der Waals surface area contributed by atoms with Crippen LogP contribution in [0, 0.1) is 0 Å². The van der Waals surface area contributed by atoms with E-state index in [2.05, 4.69) is 0 Å². The highest BCUT2D eigenvalue weighted by atomic mass is 16.4. The zero-order chi connectivity index (χ0) is 43.2. The number of aliphatic carboxylic acids is 1. The molecule has 6 N–H and O–H groups in total. The average Bonchev–Trinajstić information content (AvgIpc) is 3.22. The fourth-order valence-electron chi connectivity index (χ4n) is 3.65. The van der Waals surface area contributed by atoms with Crippen molar-refractivity contribution in [1.29, 1.82) is 0 Å². The second kappa shape index (κ2) is 37.7. The molecule has 0 aliphatic heterocycles. The van der Waals surface area contributed by atoms with Crippen molar-refractivity contribution in [2.45, 2.75) is 89.0 Å². The van der Waals surface area contributed by atoms with Gasteiger partial charge in [-0.1, -0.05) is 136 Å².